The van der Waals surface area contributed by atoms with E-state index in [-0.39, 0.29) is 6.61 Å². The lowest BCUT2D eigenvalue weighted by Crippen LogP contribution is -2.25. The minimum absolute atomic E-state index is 0.176. The zero-order valence-electron chi connectivity index (χ0n) is 9.96. The first kappa shape index (κ1) is 16.6. The average Bonchev–Trinajstić information content (AvgIpc) is 2.24. The van der Waals surface area contributed by atoms with Crippen LogP contribution in [0.2, 0.25) is 0 Å². The van der Waals surface area contributed by atoms with Crippen LogP contribution in [-0.2, 0) is 32.9 Å². The molecule has 0 N–H and O–H groups in total. The van der Waals surface area contributed by atoms with Gasteiger partial charge in [0.25, 0.3) is 10.1 Å². The molecule has 0 spiro atoms. The molecule has 102 valence electrons. The summed E-state index contributed by atoms with van der Waals surface area (Å²) >= 11 is 0. The van der Waals surface area contributed by atoms with Crippen LogP contribution in [0.4, 0.5) is 0 Å². The second kappa shape index (κ2) is 7.81. The van der Waals surface area contributed by atoms with E-state index in [1.54, 1.807) is 0 Å². The summed E-state index contributed by atoms with van der Waals surface area (Å²) in [6.45, 7) is 2.08. The van der Waals surface area contributed by atoms with Gasteiger partial charge in [-0.2, -0.15) is 8.42 Å². The molecule has 0 saturated carbocycles. The van der Waals surface area contributed by atoms with Crippen molar-refractivity contribution >= 4 is 24.1 Å². The highest BCUT2D eigenvalue weighted by Gasteiger charge is 2.31. The summed E-state index contributed by atoms with van der Waals surface area (Å²) in [5.41, 5.74) is 0. The summed E-state index contributed by atoms with van der Waals surface area (Å²) in [6, 6.07) is 0. The molecule has 0 amide bonds. The molecule has 0 aliphatic rings. The summed E-state index contributed by atoms with van der Waals surface area (Å²) in [5.74, 6) is -2.74. The SMILES string of the molecule is CCCCO[PH](=O)C(OS(C)(=O)=O)C(=O)OC. The standard InChI is InChI=1S/C8H17O7PS/c1-4-5-6-14-16(10)8(7(9)13-2)15-17(3,11)12/h8,16H,4-6H2,1-3H3. The van der Waals surface area contributed by atoms with Crippen molar-refractivity contribution in [1.82, 2.24) is 0 Å². The summed E-state index contributed by atoms with van der Waals surface area (Å²) in [6.07, 6.45) is 2.23. The molecule has 0 aromatic heterocycles. The first-order chi connectivity index (χ1) is 7.81. The Morgan fingerprint density at radius 2 is 2.00 bits per heavy atom. The number of carbonyl (C=O) groups is 1. The molecule has 0 aromatic carbocycles. The molecular formula is C8H17O7PS. The van der Waals surface area contributed by atoms with Crippen LogP contribution >= 0.6 is 8.03 Å². The largest absolute Gasteiger partial charge is 0.467 e. The Hall–Kier alpha value is -0.430. The molecule has 0 fully saturated rings. The van der Waals surface area contributed by atoms with E-state index in [1.807, 2.05) is 6.92 Å². The fourth-order valence-corrected chi connectivity index (χ4v) is 2.92. The molecular weight excluding hydrogens is 271 g/mol. The van der Waals surface area contributed by atoms with Crippen LogP contribution in [0.1, 0.15) is 19.8 Å². The summed E-state index contributed by atoms with van der Waals surface area (Å²) in [4.78, 5) is 11.2. The van der Waals surface area contributed by atoms with Gasteiger partial charge in [-0.15, -0.1) is 0 Å². The van der Waals surface area contributed by atoms with Gasteiger partial charge < -0.3 is 9.26 Å². The number of hydrogen-bond acceptors (Lipinski definition) is 7. The molecule has 0 aromatic rings. The first-order valence-electron chi connectivity index (χ1n) is 4.94. The third kappa shape index (κ3) is 7.49. The predicted octanol–water partition coefficient (Wildman–Crippen LogP) is 0.753. The van der Waals surface area contributed by atoms with E-state index in [9.17, 15) is 17.8 Å². The van der Waals surface area contributed by atoms with Crippen molar-refractivity contribution in [1.29, 1.82) is 0 Å². The highest BCUT2D eigenvalue weighted by atomic mass is 32.2. The maximum Gasteiger partial charge on any atom is 0.346 e. The number of carbonyl (C=O) groups excluding carboxylic acids is 1. The lowest BCUT2D eigenvalue weighted by Gasteiger charge is -2.13. The quantitative estimate of drug-likeness (QED) is 0.281. The summed E-state index contributed by atoms with van der Waals surface area (Å²) < 4.78 is 46.9. The second-order valence-electron chi connectivity index (χ2n) is 3.22. The Labute approximate surface area is 101 Å². The van der Waals surface area contributed by atoms with Crippen LogP contribution in [0.25, 0.3) is 0 Å². The number of methoxy groups -OCH3 is 1. The fourth-order valence-electron chi connectivity index (χ4n) is 0.849. The van der Waals surface area contributed by atoms with Crippen LogP contribution in [0.3, 0.4) is 0 Å². The molecule has 2 unspecified atom stereocenters. The highest BCUT2D eigenvalue weighted by molar-refractivity contribution is 7.86. The van der Waals surface area contributed by atoms with Gasteiger partial charge in [0.2, 0.25) is 13.9 Å². The molecule has 0 aliphatic carbocycles. The maximum absolute atomic E-state index is 11.6. The topological polar surface area (TPSA) is 96.0 Å². The van der Waals surface area contributed by atoms with E-state index >= 15 is 0 Å². The van der Waals surface area contributed by atoms with Crippen LogP contribution in [0, 0.1) is 0 Å². The average molecular weight is 288 g/mol. The van der Waals surface area contributed by atoms with Gasteiger partial charge in [-0.3, -0.25) is 4.57 Å². The van der Waals surface area contributed by atoms with Gasteiger partial charge in [-0.05, 0) is 6.42 Å². The van der Waals surface area contributed by atoms with Crippen molar-refractivity contribution in [3.63, 3.8) is 0 Å². The van der Waals surface area contributed by atoms with E-state index < -0.39 is 30.0 Å². The van der Waals surface area contributed by atoms with E-state index in [0.717, 1.165) is 19.8 Å². The van der Waals surface area contributed by atoms with E-state index in [2.05, 4.69) is 8.92 Å². The Morgan fingerprint density at radius 1 is 1.41 bits per heavy atom. The van der Waals surface area contributed by atoms with Crippen LogP contribution < -0.4 is 0 Å². The highest BCUT2D eigenvalue weighted by Crippen LogP contribution is 2.32. The number of ether oxygens (including phenoxy) is 1. The van der Waals surface area contributed by atoms with Crippen LogP contribution in [0.15, 0.2) is 0 Å². The maximum atomic E-state index is 11.6. The van der Waals surface area contributed by atoms with Crippen LogP contribution in [0.5, 0.6) is 0 Å². The second-order valence-corrected chi connectivity index (χ2v) is 6.28. The number of esters is 1. The Morgan fingerprint density at radius 3 is 2.41 bits per heavy atom. The van der Waals surface area contributed by atoms with Gasteiger partial charge in [0.05, 0.1) is 20.0 Å². The predicted molar refractivity (Wildman–Crippen MR) is 61.6 cm³/mol. The third-order valence-electron chi connectivity index (χ3n) is 1.64. The van der Waals surface area contributed by atoms with E-state index in [1.165, 1.54) is 0 Å². The molecule has 0 radical (unpaired) electrons. The molecule has 2 atom stereocenters. The zero-order valence-corrected chi connectivity index (χ0v) is 11.8. The van der Waals surface area contributed by atoms with Gasteiger partial charge >= 0.3 is 5.97 Å². The number of rotatable bonds is 8. The van der Waals surface area contributed by atoms with Crippen molar-refractivity contribution in [3.05, 3.63) is 0 Å². The van der Waals surface area contributed by atoms with E-state index in [0.29, 0.717) is 6.42 Å². The number of unbranched alkanes of at least 4 members (excludes halogenated alkanes) is 1. The molecule has 0 heterocycles. The molecule has 9 heteroatoms. The zero-order chi connectivity index (χ0) is 13.5. The van der Waals surface area contributed by atoms with Crippen molar-refractivity contribution in [3.8, 4) is 0 Å². The van der Waals surface area contributed by atoms with Crippen molar-refractivity contribution in [2.24, 2.45) is 0 Å². The van der Waals surface area contributed by atoms with Gasteiger partial charge in [-0.1, -0.05) is 13.3 Å². The molecule has 17 heavy (non-hydrogen) atoms. The number of hydrogen-bond donors (Lipinski definition) is 0. The van der Waals surface area contributed by atoms with Crippen LogP contribution in [-0.4, -0.2) is 40.2 Å². The first-order valence-corrected chi connectivity index (χ1v) is 8.15. The Bertz CT molecular complexity index is 364. The van der Waals surface area contributed by atoms with Gasteiger partial charge in [0, 0.05) is 0 Å². The van der Waals surface area contributed by atoms with Gasteiger partial charge in [0.1, 0.15) is 0 Å². The summed E-state index contributed by atoms with van der Waals surface area (Å²) in [5, 5.41) is 0. The molecule has 7 nitrogen and oxygen atoms in total. The van der Waals surface area contributed by atoms with Gasteiger partial charge in [-0.25, -0.2) is 8.98 Å². The van der Waals surface area contributed by atoms with Crippen molar-refractivity contribution < 1.29 is 31.2 Å². The van der Waals surface area contributed by atoms with Crippen molar-refractivity contribution in [2.75, 3.05) is 20.0 Å². The minimum atomic E-state index is -3.91. The molecule has 0 saturated heterocycles. The normalized spacial score (nSPS) is 15.2. The minimum Gasteiger partial charge on any atom is -0.467 e. The Kier molecular flexibility index (Phi) is 7.61. The van der Waals surface area contributed by atoms with Gasteiger partial charge in [0.15, 0.2) is 0 Å². The van der Waals surface area contributed by atoms with Crippen molar-refractivity contribution in [2.45, 2.75) is 25.6 Å². The fraction of sp³-hybridized carbons (Fsp3) is 0.875. The molecule has 0 bridgehead atoms. The lowest BCUT2D eigenvalue weighted by molar-refractivity contribution is -0.145. The third-order valence-corrected chi connectivity index (χ3v) is 3.63. The Balaban J connectivity index is 4.58. The molecule has 0 aliphatic heterocycles. The monoisotopic (exact) mass is 288 g/mol. The lowest BCUT2D eigenvalue weighted by atomic mass is 10.4. The molecule has 0 rings (SSSR count). The summed E-state index contributed by atoms with van der Waals surface area (Å²) in [7, 11) is -5.84. The van der Waals surface area contributed by atoms with E-state index in [4.69, 9.17) is 4.52 Å². The smallest absolute Gasteiger partial charge is 0.346 e.